The molecule has 1 fully saturated rings. The van der Waals surface area contributed by atoms with Crippen LogP contribution in [-0.4, -0.2) is 62.3 Å². The Bertz CT molecular complexity index is 746. The predicted octanol–water partition coefficient (Wildman–Crippen LogP) is -1.04. The van der Waals surface area contributed by atoms with E-state index in [1.807, 2.05) is 4.98 Å². The second-order valence-corrected chi connectivity index (χ2v) is 5.53. The van der Waals surface area contributed by atoms with Gasteiger partial charge in [-0.1, -0.05) is 0 Å². The first-order valence-corrected chi connectivity index (χ1v) is 6.77. The summed E-state index contributed by atoms with van der Waals surface area (Å²) in [6, 6.07) is 0. The Hall–Kier alpha value is -1.83. The van der Waals surface area contributed by atoms with E-state index in [4.69, 9.17) is 9.84 Å². The smallest absolute Gasteiger partial charge is 0.394 e. The molecule has 1 aliphatic heterocycles. The van der Waals surface area contributed by atoms with E-state index in [9.17, 15) is 41.8 Å². The molecule has 5 N–H and O–H groups in total. The lowest BCUT2D eigenvalue weighted by molar-refractivity contribution is -0.303. The van der Waals surface area contributed by atoms with E-state index in [1.165, 1.54) is 0 Å². The maximum absolute atomic E-state index is 13.6. The topological polar surface area (TPSA) is 136 Å². The number of aliphatic hydroxyl groups is 3. The summed E-state index contributed by atoms with van der Waals surface area (Å²) in [6.07, 6.45) is -14.0. The van der Waals surface area contributed by atoms with Crippen molar-refractivity contribution in [1.82, 2.24) is 9.97 Å². The molecule has 0 amide bonds. The van der Waals surface area contributed by atoms with Crippen molar-refractivity contribution in [2.45, 2.75) is 42.4 Å². The minimum Gasteiger partial charge on any atom is -0.394 e. The highest BCUT2D eigenvalue weighted by Gasteiger charge is 2.67. The standard InChI is InChI=1S/C12H13F5N2O6/c13-11(14,12(15,16)17)3-10(4-1-18-9(24)19-8(4)23)7(22)6(21)5(2-20)25-10/h1,5-7,20-22H,2-3H2,(H2,18,19,23,24)/t5-,6-,7-,10+/m1/s1. The molecule has 25 heavy (non-hydrogen) atoms. The zero-order valence-electron chi connectivity index (χ0n) is 12.2. The van der Waals surface area contributed by atoms with Crippen molar-refractivity contribution < 1.29 is 42.0 Å². The summed E-state index contributed by atoms with van der Waals surface area (Å²) in [5, 5.41) is 28.9. The van der Waals surface area contributed by atoms with Crippen LogP contribution in [-0.2, 0) is 10.3 Å². The Kier molecular flexibility index (Phi) is 4.80. The average molecular weight is 376 g/mol. The number of rotatable bonds is 4. The summed E-state index contributed by atoms with van der Waals surface area (Å²) < 4.78 is 69.9. The number of hydrogen-bond acceptors (Lipinski definition) is 6. The molecule has 0 spiro atoms. The van der Waals surface area contributed by atoms with Gasteiger partial charge in [-0.3, -0.25) is 9.78 Å². The Morgan fingerprint density at radius 3 is 2.24 bits per heavy atom. The first-order valence-electron chi connectivity index (χ1n) is 6.77. The third kappa shape index (κ3) is 3.19. The number of H-pyrrole nitrogens is 2. The van der Waals surface area contributed by atoms with Crippen molar-refractivity contribution in [2.75, 3.05) is 6.61 Å². The van der Waals surface area contributed by atoms with Crippen molar-refractivity contribution >= 4 is 0 Å². The summed E-state index contributed by atoms with van der Waals surface area (Å²) in [4.78, 5) is 26.4. The van der Waals surface area contributed by atoms with Gasteiger partial charge in [0.05, 0.1) is 18.6 Å². The molecule has 0 saturated carbocycles. The maximum Gasteiger partial charge on any atom is 0.453 e. The van der Waals surface area contributed by atoms with Gasteiger partial charge in [-0.05, 0) is 0 Å². The highest BCUT2D eigenvalue weighted by Crippen LogP contribution is 2.49. The van der Waals surface area contributed by atoms with Crippen molar-refractivity contribution in [1.29, 1.82) is 0 Å². The van der Waals surface area contributed by atoms with Crippen LogP contribution in [0.5, 0.6) is 0 Å². The minimum atomic E-state index is -6.04. The van der Waals surface area contributed by atoms with Gasteiger partial charge in [0.25, 0.3) is 5.56 Å². The highest BCUT2D eigenvalue weighted by molar-refractivity contribution is 5.23. The van der Waals surface area contributed by atoms with Crippen LogP contribution in [0.1, 0.15) is 12.0 Å². The SMILES string of the molecule is O=c1[nH]cc([C@]2(CC(F)(F)C(F)(F)F)O[C@H](CO)[C@@H](O)[C@H]2O)c(=O)[nH]1. The molecule has 0 radical (unpaired) electrons. The van der Waals surface area contributed by atoms with E-state index in [2.05, 4.69) is 0 Å². The van der Waals surface area contributed by atoms with Gasteiger partial charge in [0.1, 0.15) is 23.9 Å². The first-order chi connectivity index (χ1) is 11.4. The maximum atomic E-state index is 13.6. The molecule has 0 aromatic carbocycles. The van der Waals surface area contributed by atoms with E-state index < -0.39 is 65.9 Å². The van der Waals surface area contributed by atoms with Crippen molar-refractivity contribution in [2.24, 2.45) is 0 Å². The van der Waals surface area contributed by atoms with Crippen LogP contribution in [0.2, 0.25) is 0 Å². The number of hydrogen-bond donors (Lipinski definition) is 5. The number of aliphatic hydroxyl groups excluding tert-OH is 3. The second kappa shape index (κ2) is 6.16. The fourth-order valence-electron chi connectivity index (χ4n) is 2.65. The van der Waals surface area contributed by atoms with E-state index in [0.29, 0.717) is 6.20 Å². The van der Waals surface area contributed by atoms with E-state index >= 15 is 0 Å². The number of aromatic amines is 2. The third-order valence-corrected chi connectivity index (χ3v) is 3.90. The summed E-state index contributed by atoms with van der Waals surface area (Å²) in [6.45, 7) is -1.03. The van der Waals surface area contributed by atoms with Gasteiger partial charge in [-0.25, -0.2) is 4.79 Å². The van der Waals surface area contributed by atoms with Gasteiger partial charge < -0.3 is 25.0 Å². The minimum absolute atomic E-state index is 0.503. The Balaban J connectivity index is 2.65. The van der Waals surface area contributed by atoms with Crippen LogP contribution >= 0.6 is 0 Å². The molecule has 1 saturated heterocycles. The third-order valence-electron chi connectivity index (χ3n) is 3.90. The largest absolute Gasteiger partial charge is 0.453 e. The quantitative estimate of drug-likeness (QED) is 0.426. The van der Waals surface area contributed by atoms with Crippen LogP contribution < -0.4 is 11.2 Å². The second-order valence-electron chi connectivity index (χ2n) is 5.53. The zero-order valence-corrected chi connectivity index (χ0v) is 12.2. The van der Waals surface area contributed by atoms with Gasteiger partial charge in [-0.15, -0.1) is 0 Å². The highest BCUT2D eigenvalue weighted by atomic mass is 19.4. The molecule has 0 aliphatic carbocycles. The number of nitrogens with one attached hydrogen (secondary N) is 2. The van der Waals surface area contributed by atoms with Gasteiger partial charge in [0.2, 0.25) is 0 Å². The van der Waals surface area contributed by atoms with Crippen LogP contribution in [0.3, 0.4) is 0 Å². The fourth-order valence-corrected chi connectivity index (χ4v) is 2.65. The molecule has 142 valence electrons. The molecule has 8 nitrogen and oxygen atoms in total. The van der Waals surface area contributed by atoms with Gasteiger partial charge in [0, 0.05) is 6.20 Å². The lowest BCUT2D eigenvalue weighted by Gasteiger charge is -2.35. The summed E-state index contributed by atoms with van der Waals surface area (Å²) >= 11 is 0. The van der Waals surface area contributed by atoms with E-state index in [0.717, 1.165) is 0 Å². The van der Waals surface area contributed by atoms with Crippen LogP contribution in [0, 0.1) is 0 Å². The zero-order chi connectivity index (χ0) is 19.2. The number of alkyl halides is 5. The summed E-state index contributed by atoms with van der Waals surface area (Å²) in [5.74, 6) is -5.42. The normalized spacial score (nSPS) is 30.6. The molecular weight excluding hydrogens is 363 g/mol. The Morgan fingerprint density at radius 1 is 1.20 bits per heavy atom. The predicted molar refractivity (Wildman–Crippen MR) is 69.0 cm³/mol. The van der Waals surface area contributed by atoms with Gasteiger partial charge in [0.15, 0.2) is 0 Å². The molecule has 13 heteroatoms. The monoisotopic (exact) mass is 376 g/mol. The lowest BCUT2D eigenvalue weighted by Crippen LogP contribution is -2.52. The molecule has 0 bridgehead atoms. The Labute approximate surface area is 134 Å². The number of ether oxygens (including phenoxy) is 1. The van der Waals surface area contributed by atoms with E-state index in [-0.39, 0.29) is 0 Å². The number of halogens is 5. The molecule has 1 aromatic rings. The molecular formula is C12H13F5N2O6. The van der Waals surface area contributed by atoms with Crippen molar-refractivity contribution in [3.05, 3.63) is 32.6 Å². The molecule has 1 aliphatic rings. The first kappa shape index (κ1) is 19.5. The summed E-state index contributed by atoms with van der Waals surface area (Å²) in [7, 11) is 0. The Morgan fingerprint density at radius 2 is 1.80 bits per heavy atom. The average Bonchev–Trinajstić information content (AvgIpc) is 2.71. The summed E-state index contributed by atoms with van der Waals surface area (Å²) in [5.41, 5.74) is -6.47. The molecule has 4 atom stereocenters. The van der Waals surface area contributed by atoms with E-state index in [1.54, 1.807) is 4.98 Å². The lowest BCUT2D eigenvalue weighted by atomic mass is 9.83. The van der Waals surface area contributed by atoms with Crippen molar-refractivity contribution in [3.8, 4) is 0 Å². The number of aromatic nitrogens is 2. The molecule has 2 heterocycles. The molecule has 0 unspecified atom stereocenters. The van der Waals surface area contributed by atoms with Gasteiger partial charge >= 0.3 is 17.8 Å². The fraction of sp³-hybridized carbons (Fsp3) is 0.667. The molecule has 2 rings (SSSR count). The van der Waals surface area contributed by atoms with Crippen LogP contribution in [0.15, 0.2) is 15.8 Å². The van der Waals surface area contributed by atoms with Gasteiger partial charge in [-0.2, -0.15) is 22.0 Å². The van der Waals surface area contributed by atoms with Crippen LogP contribution in [0.25, 0.3) is 0 Å². The molecule has 1 aromatic heterocycles. The van der Waals surface area contributed by atoms with Crippen molar-refractivity contribution in [3.63, 3.8) is 0 Å². The van der Waals surface area contributed by atoms with Crippen LogP contribution in [0.4, 0.5) is 22.0 Å².